The second kappa shape index (κ2) is 3.40. The normalized spacial score (nSPS) is 15.0. The molecular weight excluding hydrogens is 173 g/mol. The smallest absolute Gasteiger partial charge is 0.306 e. The van der Waals surface area contributed by atoms with Gasteiger partial charge in [-0.05, 0) is 12.1 Å². The molecule has 0 unspecified atom stereocenters. The lowest BCUT2D eigenvalue weighted by atomic mass is 10.3. The molecule has 1 aromatic carbocycles. The van der Waals surface area contributed by atoms with Crippen molar-refractivity contribution >= 4 is 6.02 Å². The van der Waals surface area contributed by atoms with Crippen LogP contribution in [0, 0.1) is 5.82 Å². The lowest BCUT2D eigenvalue weighted by Crippen LogP contribution is -2.33. The summed E-state index contributed by atoms with van der Waals surface area (Å²) in [6.07, 6.45) is 0. The first kappa shape index (κ1) is 8.00. The van der Waals surface area contributed by atoms with E-state index in [0.717, 1.165) is 0 Å². The van der Waals surface area contributed by atoms with Gasteiger partial charge >= 0.3 is 6.02 Å². The van der Waals surface area contributed by atoms with E-state index in [1.165, 1.54) is 12.1 Å². The van der Waals surface area contributed by atoms with Crippen molar-refractivity contribution in [2.75, 3.05) is 6.67 Å². The lowest BCUT2D eigenvalue weighted by Gasteiger charge is -2.04. The largest absolute Gasteiger partial charge is 0.422 e. The first-order chi connectivity index (χ1) is 6.36. The monoisotopic (exact) mass is 181 g/mol. The second-order valence-electron chi connectivity index (χ2n) is 2.46. The predicted molar refractivity (Wildman–Crippen MR) is 45.6 cm³/mol. The molecule has 1 aliphatic rings. The number of rotatable bonds is 1. The van der Waals surface area contributed by atoms with E-state index in [2.05, 4.69) is 15.8 Å². The fourth-order valence-electron chi connectivity index (χ4n) is 0.955. The zero-order chi connectivity index (χ0) is 9.10. The number of para-hydroxylation sites is 1. The number of halogens is 1. The molecule has 2 N–H and O–H groups in total. The van der Waals surface area contributed by atoms with Crippen LogP contribution in [0.3, 0.4) is 0 Å². The number of nitrogens with one attached hydrogen (secondary N) is 2. The molecule has 2 rings (SSSR count). The highest BCUT2D eigenvalue weighted by molar-refractivity contribution is 5.76. The summed E-state index contributed by atoms with van der Waals surface area (Å²) in [6.45, 7) is 0.434. The molecule has 0 fully saturated rings. The van der Waals surface area contributed by atoms with Crippen LogP contribution in [0.1, 0.15) is 0 Å². The second-order valence-corrected chi connectivity index (χ2v) is 2.46. The Morgan fingerprint density at radius 3 is 2.92 bits per heavy atom. The number of hydrogen-bond acceptors (Lipinski definition) is 4. The molecule has 4 nitrogen and oxygen atoms in total. The number of ether oxygens (including phenoxy) is 1. The van der Waals surface area contributed by atoms with Crippen molar-refractivity contribution in [3.05, 3.63) is 30.1 Å². The van der Waals surface area contributed by atoms with Gasteiger partial charge in [0, 0.05) is 0 Å². The van der Waals surface area contributed by atoms with E-state index in [4.69, 9.17) is 4.74 Å². The zero-order valence-electron chi connectivity index (χ0n) is 6.75. The Kier molecular flexibility index (Phi) is 2.09. The Balaban J connectivity index is 2.13. The molecule has 1 heterocycles. The van der Waals surface area contributed by atoms with E-state index in [9.17, 15) is 4.39 Å². The van der Waals surface area contributed by atoms with Crippen LogP contribution in [0.25, 0.3) is 0 Å². The summed E-state index contributed by atoms with van der Waals surface area (Å²) in [5.41, 5.74) is 5.35. The fourth-order valence-corrected chi connectivity index (χ4v) is 0.955. The summed E-state index contributed by atoms with van der Waals surface area (Å²) < 4.78 is 18.1. The highest BCUT2D eigenvalue weighted by Crippen LogP contribution is 2.15. The van der Waals surface area contributed by atoms with E-state index < -0.39 is 5.82 Å². The molecule has 1 aliphatic heterocycles. The molecule has 0 aliphatic carbocycles. The van der Waals surface area contributed by atoms with Crippen LogP contribution in [-0.2, 0) is 0 Å². The van der Waals surface area contributed by atoms with Gasteiger partial charge in [0.1, 0.15) is 6.67 Å². The van der Waals surface area contributed by atoms with Crippen LogP contribution in [0.15, 0.2) is 29.3 Å². The van der Waals surface area contributed by atoms with Gasteiger partial charge in [-0.1, -0.05) is 12.1 Å². The fraction of sp³-hybridized carbons (Fsp3) is 0.125. The Labute approximate surface area is 74.4 Å². The summed E-state index contributed by atoms with van der Waals surface area (Å²) >= 11 is 0. The minimum atomic E-state index is -0.404. The minimum Gasteiger partial charge on any atom is -0.422 e. The molecule has 68 valence electrons. The van der Waals surface area contributed by atoms with E-state index in [1.807, 2.05) is 0 Å². The zero-order valence-corrected chi connectivity index (χ0v) is 6.75. The maximum atomic E-state index is 13.0. The molecule has 0 atom stereocenters. The van der Waals surface area contributed by atoms with Crippen molar-refractivity contribution in [1.82, 2.24) is 10.9 Å². The van der Waals surface area contributed by atoms with Crippen LogP contribution in [-0.4, -0.2) is 12.7 Å². The van der Waals surface area contributed by atoms with Gasteiger partial charge in [-0.15, -0.1) is 0 Å². The summed E-state index contributed by atoms with van der Waals surface area (Å²) in [7, 11) is 0. The highest BCUT2D eigenvalue weighted by atomic mass is 19.1. The van der Waals surface area contributed by atoms with Gasteiger partial charge < -0.3 is 4.74 Å². The van der Waals surface area contributed by atoms with E-state index >= 15 is 0 Å². The van der Waals surface area contributed by atoms with Crippen LogP contribution in [0.2, 0.25) is 0 Å². The molecule has 1 aromatic rings. The van der Waals surface area contributed by atoms with Gasteiger partial charge in [0.25, 0.3) is 0 Å². The van der Waals surface area contributed by atoms with Crippen molar-refractivity contribution in [2.24, 2.45) is 4.99 Å². The van der Waals surface area contributed by atoms with Crippen LogP contribution in [0.5, 0.6) is 5.75 Å². The first-order valence-electron chi connectivity index (χ1n) is 3.82. The molecule has 0 aromatic heterocycles. The molecule has 0 saturated carbocycles. The Hall–Kier alpha value is -1.62. The average molecular weight is 181 g/mol. The molecule has 0 bridgehead atoms. The van der Waals surface area contributed by atoms with Gasteiger partial charge in [-0.3, -0.25) is 5.43 Å². The molecule has 0 amide bonds. The van der Waals surface area contributed by atoms with Gasteiger partial charge in [0.15, 0.2) is 11.6 Å². The maximum Gasteiger partial charge on any atom is 0.306 e. The molecular formula is C8H8FN3O. The third kappa shape index (κ3) is 1.75. The number of hydrogen-bond donors (Lipinski definition) is 2. The summed E-state index contributed by atoms with van der Waals surface area (Å²) in [6, 6.07) is 6.45. The standard InChI is InChI=1S/C8H8FN3O/c9-6-3-1-2-4-7(6)13-8-10-5-11-12-8/h1-4,11H,5H2,(H,10,12). The van der Waals surface area contributed by atoms with E-state index in [0.29, 0.717) is 6.67 Å². The molecule has 13 heavy (non-hydrogen) atoms. The number of aliphatic imine (C=N–C) groups is 1. The topological polar surface area (TPSA) is 45.6 Å². The third-order valence-electron chi connectivity index (χ3n) is 1.54. The number of hydrazine groups is 1. The average Bonchev–Trinajstić information content (AvgIpc) is 2.61. The van der Waals surface area contributed by atoms with Crippen molar-refractivity contribution in [2.45, 2.75) is 0 Å². The SMILES string of the molecule is Fc1ccccc1OC1=NCNN1. The van der Waals surface area contributed by atoms with Crippen LogP contribution < -0.4 is 15.6 Å². The molecule has 0 spiro atoms. The summed E-state index contributed by atoms with van der Waals surface area (Å²) in [5, 5.41) is 0. The van der Waals surface area contributed by atoms with Gasteiger partial charge in [0.05, 0.1) is 0 Å². The quantitative estimate of drug-likeness (QED) is 0.667. The predicted octanol–water partition coefficient (Wildman–Crippen LogP) is 0.626. The molecule has 5 heteroatoms. The van der Waals surface area contributed by atoms with E-state index in [-0.39, 0.29) is 11.8 Å². The summed E-state index contributed by atoms with van der Waals surface area (Å²) in [5.74, 6) is -0.239. The summed E-state index contributed by atoms with van der Waals surface area (Å²) in [4.78, 5) is 3.88. The highest BCUT2D eigenvalue weighted by Gasteiger charge is 2.09. The van der Waals surface area contributed by atoms with Crippen molar-refractivity contribution in [3.8, 4) is 5.75 Å². The number of nitrogens with zero attached hydrogens (tertiary/aromatic N) is 1. The van der Waals surface area contributed by atoms with Crippen LogP contribution in [0.4, 0.5) is 4.39 Å². The maximum absolute atomic E-state index is 13.0. The molecule has 0 saturated heterocycles. The Morgan fingerprint density at radius 1 is 1.38 bits per heavy atom. The van der Waals surface area contributed by atoms with Gasteiger partial charge in [0.2, 0.25) is 0 Å². The Bertz CT molecular complexity index is 340. The van der Waals surface area contributed by atoms with Gasteiger partial charge in [-0.25, -0.2) is 14.8 Å². The van der Waals surface area contributed by atoms with Crippen molar-refractivity contribution < 1.29 is 9.13 Å². The van der Waals surface area contributed by atoms with E-state index in [1.54, 1.807) is 12.1 Å². The Morgan fingerprint density at radius 2 is 2.23 bits per heavy atom. The first-order valence-corrected chi connectivity index (χ1v) is 3.82. The number of benzene rings is 1. The van der Waals surface area contributed by atoms with Crippen molar-refractivity contribution in [1.29, 1.82) is 0 Å². The van der Waals surface area contributed by atoms with Crippen molar-refractivity contribution in [3.63, 3.8) is 0 Å². The third-order valence-corrected chi connectivity index (χ3v) is 1.54. The molecule has 0 radical (unpaired) electrons. The minimum absolute atomic E-state index is 0.164. The lowest BCUT2D eigenvalue weighted by molar-refractivity contribution is 0.471. The van der Waals surface area contributed by atoms with Crippen LogP contribution >= 0.6 is 0 Å². The van der Waals surface area contributed by atoms with Gasteiger partial charge in [-0.2, -0.15) is 0 Å². The number of amidine groups is 1.